The van der Waals surface area contributed by atoms with Gasteiger partial charge in [0.05, 0.1) is 5.60 Å². The van der Waals surface area contributed by atoms with E-state index in [0.29, 0.717) is 11.7 Å². The highest BCUT2D eigenvalue weighted by atomic mass is 16.3. The summed E-state index contributed by atoms with van der Waals surface area (Å²) in [5.74, 6) is 5.00. The number of aliphatic hydroxyl groups is 1. The van der Waals surface area contributed by atoms with Crippen LogP contribution >= 0.6 is 0 Å². The molecule has 0 aromatic carbocycles. The van der Waals surface area contributed by atoms with Crippen molar-refractivity contribution in [2.45, 2.75) is 90.6 Å². The van der Waals surface area contributed by atoms with Crippen LogP contribution in [0.2, 0.25) is 0 Å². The van der Waals surface area contributed by atoms with Crippen LogP contribution in [0.1, 0.15) is 85.0 Å². The first kappa shape index (κ1) is 17.1. The zero-order chi connectivity index (χ0) is 17.1. The SMILES string of the molecule is CC(=O)[C@H]1CC[C@H]2[C@@H]3CC[C@H]4CC[C@](C)(O)CC[C@@H]4[C@H]3CC[C@]12C. The normalized spacial score (nSPS) is 54.3. The van der Waals surface area contributed by atoms with E-state index in [-0.39, 0.29) is 5.41 Å². The molecule has 0 bridgehead atoms. The van der Waals surface area contributed by atoms with Crippen molar-refractivity contribution in [3.8, 4) is 0 Å². The van der Waals surface area contributed by atoms with Gasteiger partial charge in [-0.25, -0.2) is 0 Å². The zero-order valence-electron chi connectivity index (χ0n) is 15.9. The summed E-state index contributed by atoms with van der Waals surface area (Å²) in [6.07, 6.45) is 12.3. The Kier molecular flexibility index (Phi) is 4.14. The Labute approximate surface area is 147 Å². The average Bonchev–Trinajstić information content (AvgIpc) is 2.80. The fourth-order valence-electron chi connectivity index (χ4n) is 7.81. The lowest BCUT2D eigenvalue weighted by Crippen LogP contribution is -2.48. The molecule has 0 radical (unpaired) electrons. The molecule has 4 saturated carbocycles. The van der Waals surface area contributed by atoms with Crippen molar-refractivity contribution in [1.82, 2.24) is 0 Å². The molecule has 4 fully saturated rings. The molecule has 1 N–H and O–H groups in total. The maximum absolute atomic E-state index is 12.2. The summed E-state index contributed by atoms with van der Waals surface area (Å²) in [7, 11) is 0. The van der Waals surface area contributed by atoms with Gasteiger partial charge in [0.2, 0.25) is 0 Å². The molecule has 4 aliphatic carbocycles. The summed E-state index contributed by atoms with van der Waals surface area (Å²) in [4.78, 5) is 12.2. The fourth-order valence-corrected chi connectivity index (χ4v) is 7.81. The van der Waals surface area contributed by atoms with E-state index in [4.69, 9.17) is 0 Å². The van der Waals surface area contributed by atoms with Gasteiger partial charge in [0.15, 0.2) is 0 Å². The number of carbonyl (C=O) groups excluding carboxylic acids is 1. The first-order chi connectivity index (χ1) is 11.3. The minimum Gasteiger partial charge on any atom is -0.390 e. The number of hydrogen-bond donors (Lipinski definition) is 1. The van der Waals surface area contributed by atoms with Gasteiger partial charge in [-0.3, -0.25) is 4.79 Å². The molecule has 8 atom stereocenters. The van der Waals surface area contributed by atoms with Gasteiger partial charge < -0.3 is 5.11 Å². The number of carbonyl (C=O) groups is 1. The third kappa shape index (κ3) is 2.59. The molecule has 136 valence electrons. The topological polar surface area (TPSA) is 37.3 Å². The summed E-state index contributed by atoms with van der Waals surface area (Å²) in [6, 6.07) is 0. The molecule has 0 unspecified atom stereocenters. The van der Waals surface area contributed by atoms with Crippen molar-refractivity contribution in [3.63, 3.8) is 0 Å². The third-order valence-corrected chi connectivity index (χ3v) is 9.08. The van der Waals surface area contributed by atoms with E-state index < -0.39 is 5.60 Å². The number of rotatable bonds is 1. The van der Waals surface area contributed by atoms with Gasteiger partial charge in [-0.05, 0) is 113 Å². The van der Waals surface area contributed by atoms with Crippen molar-refractivity contribution in [2.75, 3.05) is 0 Å². The second-order valence-corrected chi connectivity index (χ2v) is 10.3. The number of ketones is 1. The van der Waals surface area contributed by atoms with Gasteiger partial charge in [-0.15, -0.1) is 0 Å². The Morgan fingerprint density at radius 3 is 2.29 bits per heavy atom. The third-order valence-electron chi connectivity index (χ3n) is 9.08. The molecule has 0 aromatic rings. The summed E-state index contributed by atoms with van der Waals surface area (Å²) in [5, 5.41) is 10.5. The van der Waals surface area contributed by atoms with Crippen LogP contribution in [-0.4, -0.2) is 16.5 Å². The standard InChI is InChI=1S/C22H36O2/c1-14(23)19-6-7-20-18-5-4-15-8-11-21(2,24)12-9-16(15)17(18)10-13-22(19,20)3/h15-20,24H,4-13H2,1-3H3/t15-,16-,17+,18+,19+,20-,21-,22+/m0/s1. The summed E-state index contributed by atoms with van der Waals surface area (Å²) in [6.45, 7) is 6.32. The van der Waals surface area contributed by atoms with E-state index in [1.54, 1.807) is 0 Å². The lowest BCUT2D eigenvalue weighted by atomic mass is 9.50. The molecule has 4 rings (SSSR count). The van der Waals surface area contributed by atoms with Gasteiger partial charge in [0, 0.05) is 5.92 Å². The first-order valence-electron chi connectivity index (χ1n) is 10.5. The molecule has 0 heterocycles. The zero-order valence-corrected chi connectivity index (χ0v) is 15.9. The predicted octanol–water partition coefficient (Wildman–Crippen LogP) is 4.99. The molecule has 24 heavy (non-hydrogen) atoms. The fraction of sp³-hybridized carbons (Fsp3) is 0.955. The number of hydrogen-bond acceptors (Lipinski definition) is 2. The summed E-state index contributed by atoms with van der Waals surface area (Å²) < 4.78 is 0. The molecule has 0 saturated heterocycles. The molecular weight excluding hydrogens is 296 g/mol. The molecule has 2 nitrogen and oxygen atoms in total. The highest BCUT2D eigenvalue weighted by molar-refractivity contribution is 5.79. The van der Waals surface area contributed by atoms with E-state index in [1.165, 1.54) is 44.9 Å². The maximum Gasteiger partial charge on any atom is 0.133 e. The van der Waals surface area contributed by atoms with E-state index in [1.807, 2.05) is 13.8 Å². The molecular formula is C22H36O2. The molecule has 0 amide bonds. The monoisotopic (exact) mass is 332 g/mol. The van der Waals surface area contributed by atoms with Crippen molar-refractivity contribution in [2.24, 2.45) is 40.9 Å². The van der Waals surface area contributed by atoms with Crippen molar-refractivity contribution in [1.29, 1.82) is 0 Å². The van der Waals surface area contributed by atoms with Crippen molar-refractivity contribution < 1.29 is 9.90 Å². The second kappa shape index (κ2) is 5.83. The molecule has 2 heteroatoms. The van der Waals surface area contributed by atoms with Gasteiger partial charge >= 0.3 is 0 Å². The van der Waals surface area contributed by atoms with Crippen LogP contribution in [0.25, 0.3) is 0 Å². The van der Waals surface area contributed by atoms with Crippen LogP contribution in [0.5, 0.6) is 0 Å². The van der Waals surface area contributed by atoms with Gasteiger partial charge in [-0.2, -0.15) is 0 Å². The smallest absolute Gasteiger partial charge is 0.133 e. The van der Waals surface area contributed by atoms with Crippen LogP contribution in [0.15, 0.2) is 0 Å². The Balaban J connectivity index is 1.56. The van der Waals surface area contributed by atoms with E-state index in [0.717, 1.165) is 48.9 Å². The Hall–Kier alpha value is -0.370. The minimum absolute atomic E-state index is 0.288. The number of Topliss-reactive ketones (excluding diaryl/α,β-unsaturated/α-hetero) is 1. The largest absolute Gasteiger partial charge is 0.390 e. The highest BCUT2D eigenvalue weighted by Crippen LogP contribution is 2.64. The Morgan fingerprint density at radius 1 is 0.833 bits per heavy atom. The second-order valence-electron chi connectivity index (χ2n) is 10.3. The Morgan fingerprint density at radius 2 is 1.54 bits per heavy atom. The Bertz CT molecular complexity index is 510. The van der Waals surface area contributed by atoms with Crippen LogP contribution in [0.3, 0.4) is 0 Å². The van der Waals surface area contributed by atoms with Gasteiger partial charge in [-0.1, -0.05) is 6.92 Å². The average molecular weight is 333 g/mol. The van der Waals surface area contributed by atoms with Crippen LogP contribution < -0.4 is 0 Å². The molecule has 0 spiro atoms. The van der Waals surface area contributed by atoms with Crippen molar-refractivity contribution in [3.05, 3.63) is 0 Å². The molecule has 4 aliphatic rings. The lowest BCUT2D eigenvalue weighted by molar-refractivity contribution is -0.127. The van der Waals surface area contributed by atoms with Crippen LogP contribution in [0, 0.1) is 40.9 Å². The minimum atomic E-state index is -0.427. The first-order valence-corrected chi connectivity index (χ1v) is 10.5. The van der Waals surface area contributed by atoms with E-state index in [9.17, 15) is 9.90 Å². The number of fused-ring (bicyclic) bond motifs is 5. The van der Waals surface area contributed by atoms with E-state index >= 15 is 0 Å². The predicted molar refractivity (Wildman–Crippen MR) is 96.5 cm³/mol. The van der Waals surface area contributed by atoms with E-state index in [2.05, 4.69) is 6.92 Å². The maximum atomic E-state index is 12.2. The summed E-state index contributed by atoms with van der Waals surface area (Å²) >= 11 is 0. The highest BCUT2D eigenvalue weighted by Gasteiger charge is 2.57. The molecule has 0 aliphatic heterocycles. The quantitative estimate of drug-likeness (QED) is 0.735. The van der Waals surface area contributed by atoms with Gasteiger partial charge in [0.25, 0.3) is 0 Å². The van der Waals surface area contributed by atoms with Crippen LogP contribution in [0.4, 0.5) is 0 Å². The lowest BCUT2D eigenvalue weighted by Gasteiger charge is -2.54. The molecule has 0 aromatic heterocycles. The van der Waals surface area contributed by atoms with Crippen LogP contribution in [-0.2, 0) is 4.79 Å². The van der Waals surface area contributed by atoms with Crippen molar-refractivity contribution >= 4 is 5.78 Å². The van der Waals surface area contributed by atoms with Gasteiger partial charge in [0.1, 0.15) is 5.78 Å². The summed E-state index contributed by atoms with van der Waals surface area (Å²) in [5.41, 5.74) is -0.140.